The van der Waals surface area contributed by atoms with Crippen molar-refractivity contribution in [3.05, 3.63) is 58.9 Å². The van der Waals surface area contributed by atoms with Crippen LogP contribution in [-0.2, 0) is 11.3 Å². The van der Waals surface area contributed by atoms with E-state index < -0.39 is 5.97 Å². The van der Waals surface area contributed by atoms with Crippen LogP contribution in [0, 0.1) is 0 Å². The number of carbonyl (C=O) groups is 1. The molecule has 0 atom stereocenters. The van der Waals surface area contributed by atoms with Gasteiger partial charge in [0.25, 0.3) is 0 Å². The molecule has 0 unspecified atom stereocenters. The SMILES string of the molecule is C=C(Cn1ccc(=O)c2ccccc21)C(=O)O. The fourth-order valence-corrected chi connectivity index (χ4v) is 1.67. The first-order valence-electron chi connectivity index (χ1n) is 5.09. The monoisotopic (exact) mass is 229 g/mol. The third-order valence-electron chi connectivity index (χ3n) is 2.55. The Morgan fingerprint density at radius 1 is 1.29 bits per heavy atom. The highest BCUT2D eigenvalue weighted by Gasteiger charge is 2.07. The Bertz CT molecular complexity index is 655. The number of fused-ring (bicyclic) bond motifs is 1. The van der Waals surface area contributed by atoms with Gasteiger partial charge in [0.15, 0.2) is 5.43 Å². The second kappa shape index (κ2) is 4.25. The molecule has 0 spiro atoms. The lowest BCUT2D eigenvalue weighted by molar-refractivity contribution is -0.132. The molecule has 2 aromatic rings. The molecule has 1 heterocycles. The fourth-order valence-electron chi connectivity index (χ4n) is 1.67. The van der Waals surface area contributed by atoms with Crippen LogP contribution in [0.1, 0.15) is 0 Å². The van der Waals surface area contributed by atoms with Crippen molar-refractivity contribution in [3.8, 4) is 0 Å². The second-order valence-electron chi connectivity index (χ2n) is 3.73. The molecule has 17 heavy (non-hydrogen) atoms. The molecule has 0 amide bonds. The quantitative estimate of drug-likeness (QED) is 0.814. The molecule has 4 heteroatoms. The predicted molar refractivity (Wildman–Crippen MR) is 65.0 cm³/mol. The molecule has 2 rings (SSSR count). The molecule has 0 fully saturated rings. The summed E-state index contributed by atoms with van der Waals surface area (Å²) in [4.78, 5) is 22.3. The number of pyridine rings is 1. The zero-order valence-corrected chi connectivity index (χ0v) is 9.09. The molecule has 0 radical (unpaired) electrons. The van der Waals surface area contributed by atoms with Crippen molar-refractivity contribution in [3.63, 3.8) is 0 Å². The van der Waals surface area contributed by atoms with Crippen molar-refractivity contribution in [1.82, 2.24) is 4.57 Å². The topological polar surface area (TPSA) is 59.3 Å². The summed E-state index contributed by atoms with van der Waals surface area (Å²) in [6.45, 7) is 3.64. The third kappa shape index (κ3) is 2.10. The molecule has 1 aromatic carbocycles. The van der Waals surface area contributed by atoms with Gasteiger partial charge in [-0.3, -0.25) is 4.79 Å². The van der Waals surface area contributed by atoms with Crippen molar-refractivity contribution in [2.24, 2.45) is 0 Å². The molecule has 0 aliphatic rings. The van der Waals surface area contributed by atoms with Crippen molar-refractivity contribution >= 4 is 16.9 Å². The van der Waals surface area contributed by atoms with Crippen molar-refractivity contribution in [2.75, 3.05) is 0 Å². The predicted octanol–water partition coefficient (Wildman–Crippen LogP) is 1.64. The smallest absolute Gasteiger partial charge is 0.332 e. The molecular formula is C13H11NO3. The van der Waals surface area contributed by atoms with Gasteiger partial charge in [-0.2, -0.15) is 0 Å². The maximum Gasteiger partial charge on any atom is 0.332 e. The Hall–Kier alpha value is -2.36. The van der Waals surface area contributed by atoms with Gasteiger partial charge in [0.05, 0.1) is 12.1 Å². The molecular weight excluding hydrogens is 218 g/mol. The molecule has 0 saturated heterocycles. The minimum absolute atomic E-state index is 0.0715. The second-order valence-corrected chi connectivity index (χ2v) is 3.73. The highest BCUT2D eigenvalue weighted by molar-refractivity contribution is 5.86. The third-order valence-corrected chi connectivity index (χ3v) is 2.55. The number of benzene rings is 1. The largest absolute Gasteiger partial charge is 0.478 e. The number of aromatic nitrogens is 1. The van der Waals surface area contributed by atoms with E-state index in [1.54, 1.807) is 29.0 Å². The standard InChI is InChI=1S/C13H11NO3/c1-9(13(16)17)8-14-7-6-12(15)10-4-2-3-5-11(10)14/h2-7H,1,8H2,(H,16,17). The Morgan fingerprint density at radius 2 is 2.00 bits per heavy atom. The van der Waals surface area contributed by atoms with E-state index in [-0.39, 0.29) is 17.5 Å². The number of nitrogens with zero attached hydrogens (tertiary/aromatic N) is 1. The van der Waals surface area contributed by atoms with E-state index in [0.29, 0.717) is 10.9 Å². The highest BCUT2D eigenvalue weighted by atomic mass is 16.4. The molecule has 1 N–H and O–H groups in total. The number of carboxylic acids is 1. The molecule has 4 nitrogen and oxygen atoms in total. The Morgan fingerprint density at radius 3 is 2.71 bits per heavy atom. The van der Waals surface area contributed by atoms with Crippen LogP contribution in [0.3, 0.4) is 0 Å². The van der Waals surface area contributed by atoms with Gasteiger partial charge in [-0.1, -0.05) is 18.7 Å². The van der Waals surface area contributed by atoms with Crippen LogP contribution in [0.4, 0.5) is 0 Å². The van der Waals surface area contributed by atoms with E-state index >= 15 is 0 Å². The lowest BCUT2D eigenvalue weighted by Crippen LogP contribution is -2.12. The van der Waals surface area contributed by atoms with E-state index in [4.69, 9.17) is 5.11 Å². The number of hydrogen-bond donors (Lipinski definition) is 1. The summed E-state index contributed by atoms with van der Waals surface area (Å²) in [5.74, 6) is -1.03. The van der Waals surface area contributed by atoms with Crippen LogP contribution in [-0.4, -0.2) is 15.6 Å². The first-order valence-corrected chi connectivity index (χ1v) is 5.09. The maximum absolute atomic E-state index is 11.6. The number of aliphatic carboxylic acids is 1. The molecule has 0 bridgehead atoms. The van der Waals surface area contributed by atoms with E-state index in [1.165, 1.54) is 6.07 Å². The van der Waals surface area contributed by atoms with Crippen LogP contribution in [0.25, 0.3) is 10.9 Å². The number of carboxylic acid groups (broad SMARTS) is 1. The fraction of sp³-hybridized carbons (Fsp3) is 0.0769. The van der Waals surface area contributed by atoms with Gasteiger partial charge in [-0.25, -0.2) is 4.79 Å². The lowest BCUT2D eigenvalue weighted by atomic mass is 10.2. The van der Waals surface area contributed by atoms with Gasteiger partial charge in [-0.15, -0.1) is 0 Å². The van der Waals surface area contributed by atoms with Gasteiger partial charge < -0.3 is 9.67 Å². The number of rotatable bonds is 3. The first kappa shape index (κ1) is 11.1. The van der Waals surface area contributed by atoms with Gasteiger partial charge in [0.1, 0.15) is 0 Å². The van der Waals surface area contributed by atoms with Crippen molar-refractivity contribution in [2.45, 2.75) is 6.54 Å². The number of hydrogen-bond acceptors (Lipinski definition) is 2. The first-order chi connectivity index (χ1) is 8.09. The van der Waals surface area contributed by atoms with Gasteiger partial charge in [0.2, 0.25) is 0 Å². The Kier molecular flexibility index (Phi) is 2.78. The lowest BCUT2D eigenvalue weighted by Gasteiger charge is -2.10. The molecule has 0 saturated carbocycles. The van der Waals surface area contributed by atoms with Crippen LogP contribution in [0.2, 0.25) is 0 Å². The highest BCUT2D eigenvalue weighted by Crippen LogP contribution is 2.11. The average Bonchev–Trinajstić information content (AvgIpc) is 2.33. The Balaban J connectivity index is 2.56. The van der Waals surface area contributed by atoms with Gasteiger partial charge in [-0.05, 0) is 12.1 Å². The minimum atomic E-state index is -1.03. The zero-order valence-electron chi connectivity index (χ0n) is 9.09. The van der Waals surface area contributed by atoms with Crippen LogP contribution in [0.15, 0.2) is 53.5 Å². The summed E-state index contributed by atoms with van der Waals surface area (Å²) < 4.78 is 1.70. The molecule has 1 aromatic heterocycles. The summed E-state index contributed by atoms with van der Waals surface area (Å²) in [5.41, 5.74) is 0.721. The molecule has 86 valence electrons. The number of para-hydroxylation sites is 1. The summed E-state index contributed by atoms with van der Waals surface area (Å²) in [7, 11) is 0. The van der Waals surface area contributed by atoms with Gasteiger partial charge in [0, 0.05) is 23.2 Å². The van der Waals surface area contributed by atoms with E-state index in [2.05, 4.69) is 6.58 Å². The molecule has 0 aliphatic heterocycles. The zero-order chi connectivity index (χ0) is 12.4. The van der Waals surface area contributed by atoms with E-state index in [1.807, 2.05) is 6.07 Å². The van der Waals surface area contributed by atoms with Gasteiger partial charge >= 0.3 is 5.97 Å². The van der Waals surface area contributed by atoms with Crippen molar-refractivity contribution < 1.29 is 9.90 Å². The maximum atomic E-state index is 11.6. The minimum Gasteiger partial charge on any atom is -0.478 e. The van der Waals surface area contributed by atoms with E-state index in [0.717, 1.165) is 0 Å². The average molecular weight is 229 g/mol. The van der Waals surface area contributed by atoms with Crippen LogP contribution in [0.5, 0.6) is 0 Å². The van der Waals surface area contributed by atoms with E-state index in [9.17, 15) is 9.59 Å². The van der Waals surface area contributed by atoms with Crippen LogP contribution >= 0.6 is 0 Å². The summed E-state index contributed by atoms with van der Waals surface area (Å²) in [6.07, 6.45) is 1.58. The summed E-state index contributed by atoms with van der Waals surface area (Å²) in [5, 5.41) is 9.37. The van der Waals surface area contributed by atoms with Crippen molar-refractivity contribution in [1.29, 1.82) is 0 Å². The van der Waals surface area contributed by atoms with Crippen LogP contribution < -0.4 is 5.43 Å². The summed E-state index contributed by atoms with van der Waals surface area (Å²) >= 11 is 0. The molecule has 0 aliphatic carbocycles. The normalized spacial score (nSPS) is 10.4. The summed E-state index contributed by atoms with van der Waals surface area (Å²) in [6, 6.07) is 8.52. The Labute approximate surface area is 97.4 Å².